The number of primary amides is 1. The molecule has 0 fully saturated rings. The number of hydrogen-bond donors (Lipinski definition) is 2. The lowest BCUT2D eigenvalue weighted by Gasteiger charge is -2.13. The van der Waals surface area contributed by atoms with Gasteiger partial charge in [0.2, 0.25) is 11.8 Å². The summed E-state index contributed by atoms with van der Waals surface area (Å²) in [7, 11) is 0. The van der Waals surface area contributed by atoms with Crippen molar-refractivity contribution in [2.45, 2.75) is 25.3 Å². The Hall–Kier alpha value is -1.87. The molecule has 1 atom stereocenters. The van der Waals surface area contributed by atoms with Crippen LogP contribution in [0.2, 0.25) is 0 Å². The van der Waals surface area contributed by atoms with E-state index in [4.69, 9.17) is 12.2 Å². The molecular formula is C14H14BrFN2O2. The van der Waals surface area contributed by atoms with Crippen LogP contribution >= 0.6 is 15.9 Å². The molecule has 0 aliphatic heterocycles. The SMILES string of the molecule is C#CC[C@H](NC(=O)CCc1cc(F)ccc1Br)C(N)=O. The molecule has 0 saturated heterocycles. The quantitative estimate of drug-likeness (QED) is 0.770. The summed E-state index contributed by atoms with van der Waals surface area (Å²) in [6.07, 6.45) is 5.58. The summed E-state index contributed by atoms with van der Waals surface area (Å²) in [5, 5.41) is 2.46. The van der Waals surface area contributed by atoms with Crippen LogP contribution in [-0.4, -0.2) is 17.9 Å². The van der Waals surface area contributed by atoms with Crippen LogP contribution in [0.1, 0.15) is 18.4 Å². The van der Waals surface area contributed by atoms with Crippen molar-refractivity contribution in [1.82, 2.24) is 5.32 Å². The van der Waals surface area contributed by atoms with Gasteiger partial charge in [0.15, 0.2) is 0 Å². The van der Waals surface area contributed by atoms with E-state index in [9.17, 15) is 14.0 Å². The molecule has 0 radical (unpaired) electrons. The highest BCUT2D eigenvalue weighted by atomic mass is 79.9. The van der Waals surface area contributed by atoms with Crippen LogP contribution in [0.3, 0.4) is 0 Å². The number of nitrogens with two attached hydrogens (primary N) is 1. The van der Waals surface area contributed by atoms with Gasteiger partial charge in [0.05, 0.1) is 0 Å². The number of carbonyl (C=O) groups is 2. The van der Waals surface area contributed by atoms with Crippen LogP contribution in [-0.2, 0) is 16.0 Å². The normalized spacial score (nSPS) is 11.4. The van der Waals surface area contributed by atoms with Gasteiger partial charge in [-0.1, -0.05) is 15.9 Å². The van der Waals surface area contributed by atoms with Crippen molar-refractivity contribution in [3.8, 4) is 12.3 Å². The van der Waals surface area contributed by atoms with E-state index >= 15 is 0 Å². The minimum Gasteiger partial charge on any atom is -0.368 e. The molecule has 1 aromatic rings. The van der Waals surface area contributed by atoms with Gasteiger partial charge in [0.25, 0.3) is 0 Å². The molecule has 0 aromatic heterocycles. The van der Waals surface area contributed by atoms with Gasteiger partial charge in [0, 0.05) is 17.3 Å². The van der Waals surface area contributed by atoms with Crippen LogP contribution in [0.15, 0.2) is 22.7 Å². The van der Waals surface area contributed by atoms with Crippen molar-refractivity contribution in [1.29, 1.82) is 0 Å². The summed E-state index contributed by atoms with van der Waals surface area (Å²) in [6.45, 7) is 0. The fraction of sp³-hybridized carbons (Fsp3) is 0.286. The summed E-state index contributed by atoms with van der Waals surface area (Å²) in [5.41, 5.74) is 5.79. The first kappa shape index (κ1) is 16.2. The average Bonchev–Trinajstić information content (AvgIpc) is 2.39. The molecule has 0 saturated carbocycles. The summed E-state index contributed by atoms with van der Waals surface area (Å²) >= 11 is 3.28. The third-order valence-electron chi connectivity index (χ3n) is 2.63. The number of terminal acetylenes is 1. The van der Waals surface area contributed by atoms with Gasteiger partial charge in [-0.05, 0) is 30.2 Å². The Bertz CT molecular complexity index is 555. The maximum absolute atomic E-state index is 13.1. The minimum absolute atomic E-state index is 0.0464. The number of benzene rings is 1. The highest BCUT2D eigenvalue weighted by Gasteiger charge is 2.16. The van der Waals surface area contributed by atoms with Crippen LogP contribution < -0.4 is 11.1 Å². The Morgan fingerprint density at radius 2 is 2.20 bits per heavy atom. The van der Waals surface area contributed by atoms with Crippen LogP contribution in [0.4, 0.5) is 4.39 Å². The lowest BCUT2D eigenvalue weighted by molar-refractivity contribution is -0.127. The molecule has 0 heterocycles. The molecule has 0 aliphatic carbocycles. The third-order valence-corrected chi connectivity index (χ3v) is 3.40. The zero-order valence-electron chi connectivity index (χ0n) is 10.7. The van der Waals surface area contributed by atoms with Crippen molar-refractivity contribution >= 4 is 27.7 Å². The number of nitrogens with one attached hydrogen (secondary N) is 1. The molecule has 0 unspecified atom stereocenters. The second kappa shape index (κ2) is 7.65. The van der Waals surface area contributed by atoms with Gasteiger partial charge >= 0.3 is 0 Å². The Morgan fingerprint density at radius 3 is 2.80 bits per heavy atom. The molecule has 1 rings (SSSR count). The Morgan fingerprint density at radius 1 is 1.50 bits per heavy atom. The molecular weight excluding hydrogens is 327 g/mol. The zero-order chi connectivity index (χ0) is 15.1. The predicted octanol–water partition coefficient (Wildman–Crippen LogP) is 1.51. The first-order chi connectivity index (χ1) is 9.43. The molecule has 3 N–H and O–H groups in total. The topological polar surface area (TPSA) is 72.2 Å². The minimum atomic E-state index is -0.872. The van der Waals surface area contributed by atoms with Gasteiger partial charge in [-0.25, -0.2) is 4.39 Å². The maximum atomic E-state index is 13.1. The van der Waals surface area contributed by atoms with Crippen molar-refractivity contribution in [2.75, 3.05) is 0 Å². The number of carbonyl (C=O) groups excluding carboxylic acids is 2. The maximum Gasteiger partial charge on any atom is 0.240 e. The van der Waals surface area contributed by atoms with Gasteiger partial charge in [-0.3, -0.25) is 9.59 Å². The highest BCUT2D eigenvalue weighted by molar-refractivity contribution is 9.10. The second-order valence-corrected chi connectivity index (χ2v) is 5.02. The summed E-state index contributed by atoms with van der Waals surface area (Å²) < 4.78 is 13.8. The molecule has 1 aromatic carbocycles. The number of aryl methyl sites for hydroxylation is 1. The Kier molecular flexibility index (Phi) is 6.19. The molecule has 0 spiro atoms. The fourth-order valence-corrected chi connectivity index (χ4v) is 2.04. The van der Waals surface area contributed by atoms with Crippen LogP contribution in [0, 0.1) is 18.2 Å². The lowest BCUT2D eigenvalue weighted by atomic mass is 10.1. The van der Waals surface area contributed by atoms with E-state index in [-0.39, 0.29) is 24.6 Å². The fourth-order valence-electron chi connectivity index (χ4n) is 1.59. The van der Waals surface area contributed by atoms with E-state index < -0.39 is 11.9 Å². The van der Waals surface area contributed by atoms with Gasteiger partial charge in [-0.2, -0.15) is 0 Å². The zero-order valence-corrected chi connectivity index (χ0v) is 12.2. The number of halogens is 2. The van der Waals surface area contributed by atoms with E-state index in [1.165, 1.54) is 12.1 Å². The average molecular weight is 341 g/mol. The number of rotatable bonds is 6. The number of hydrogen-bond acceptors (Lipinski definition) is 2. The Labute approximate surface area is 125 Å². The van der Waals surface area contributed by atoms with E-state index in [0.29, 0.717) is 12.0 Å². The smallest absolute Gasteiger partial charge is 0.240 e. The first-order valence-corrected chi connectivity index (χ1v) is 6.69. The van der Waals surface area contributed by atoms with Crippen molar-refractivity contribution < 1.29 is 14.0 Å². The highest BCUT2D eigenvalue weighted by Crippen LogP contribution is 2.19. The molecule has 2 amide bonds. The third kappa shape index (κ3) is 5.02. The molecule has 106 valence electrons. The standard InChI is InChI=1S/C14H14BrFN2O2/c1-2-3-12(14(17)20)18-13(19)7-4-9-8-10(16)5-6-11(9)15/h1,5-6,8,12H,3-4,7H2,(H2,17,20)(H,18,19)/t12-/m0/s1. The lowest BCUT2D eigenvalue weighted by Crippen LogP contribution is -2.44. The van der Waals surface area contributed by atoms with Crippen LogP contribution in [0.25, 0.3) is 0 Å². The summed E-state index contributed by atoms with van der Waals surface area (Å²) in [4.78, 5) is 22.8. The molecule has 0 bridgehead atoms. The number of amides is 2. The van der Waals surface area contributed by atoms with Gasteiger partial charge in [-0.15, -0.1) is 12.3 Å². The molecule has 6 heteroatoms. The first-order valence-electron chi connectivity index (χ1n) is 5.90. The Balaban J connectivity index is 2.57. The van der Waals surface area contributed by atoms with E-state index in [1.807, 2.05) is 0 Å². The largest absolute Gasteiger partial charge is 0.368 e. The van der Waals surface area contributed by atoms with E-state index in [2.05, 4.69) is 27.2 Å². The molecule has 20 heavy (non-hydrogen) atoms. The van der Waals surface area contributed by atoms with Crippen molar-refractivity contribution in [3.05, 3.63) is 34.1 Å². The van der Waals surface area contributed by atoms with E-state index in [0.717, 1.165) is 4.47 Å². The van der Waals surface area contributed by atoms with Gasteiger partial charge in [0.1, 0.15) is 11.9 Å². The van der Waals surface area contributed by atoms with Gasteiger partial charge < -0.3 is 11.1 Å². The van der Waals surface area contributed by atoms with E-state index in [1.54, 1.807) is 6.07 Å². The summed E-state index contributed by atoms with van der Waals surface area (Å²) in [5.74, 6) is 0.864. The van der Waals surface area contributed by atoms with Crippen LogP contribution in [0.5, 0.6) is 0 Å². The van der Waals surface area contributed by atoms with Crippen molar-refractivity contribution in [3.63, 3.8) is 0 Å². The predicted molar refractivity (Wildman–Crippen MR) is 77.0 cm³/mol. The second-order valence-electron chi connectivity index (χ2n) is 4.17. The molecule has 4 nitrogen and oxygen atoms in total. The van der Waals surface area contributed by atoms with Crippen molar-refractivity contribution in [2.24, 2.45) is 5.73 Å². The molecule has 0 aliphatic rings. The summed E-state index contributed by atoms with van der Waals surface area (Å²) in [6, 6.07) is 3.38. The monoisotopic (exact) mass is 340 g/mol.